The first-order chi connectivity index (χ1) is 11.8. The van der Waals surface area contributed by atoms with E-state index in [1.807, 2.05) is 4.90 Å². The van der Waals surface area contributed by atoms with Crippen molar-refractivity contribution in [2.45, 2.75) is 12.7 Å². The van der Waals surface area contributed by atoms with E-state index in [0.717, 1.165) is 12.4 Å². The van der Waals surface area contributed by atoms with E-state index in [0.29, 0.717) is 38.5 Å². The van der Waals surface area contributed by atoms with Crippen LogP contribution in [0.2, 0.25) is 0 Å². The summed E-state index contributed by atoms with van der Waals surface area (Å²) in [5.41, 5.74) is -0.880. The summed E-state index contributed by atoms with van der Waals surface area (Å²) in [6, 6.07) is 2.87. The van der Waals surface area contributed by atoms with Gasteiger partial charge < -0.3 is 9.32 Å². The number of hydrogen-bond donors (Lipinski definition) is 0. The molecule has 3 rings (SSSR count). The van der Waals surface area contributed by atoms with Crippen LogP contribution in [0.4, 0.5) is 25.0 Å². The first-order valence-electron chi connectivity index (χ1n) is 7.42. The first kappa shape index (κ1) is 17.1. The minimum atomic E-state index is -4.46. The van der Waals surface area contributed by atoms with E-state index in [9.17, 15) is 23.3 Å². The van der Waals surface area contributed by atoms with Gasteiger partial charge in [-0.1, -0.05) is 0 Å². The molecule has 134 valence electrons. The van der Waals surface area contributed by atoms with Crippen molar-refractivity contribution in [2.75, 3.05) is 31.1 Å². The van der Waals surface area contributed by atoms with Crippen LogP contribution in [0.5, 0.6) is 0 Å². The zero-order valence-electron chi connectivity index (χ0n) is 12.9. The van der Waals surface area contributed by atoms with Crippen molar-refractivity contribution in [3.63, 3.8) is 0 Å². The number of aromatic nitrogens is 2. The molecule has 2 aromatic heterocycles. The highest BCUT2D eigenvalue weighted by Gasteiger charge is 2.31. The van der Waals surface area contributed by atoms with Gasteiger partial charge in [-0.25, -0.2) is 9.97 Å². The van der Waals surface area contributed by atoms with Gasteiger partial charge in [-0.05, 0) is 6.07 Å². The molecule has 0 bridgehead atoms. The van der Waals surface area contributed by atoms with Crippen molar-refractivity contribution >= 4 is 11.8 Å². The molecule has 0 aromatic carbocycles. The SMILES string of the molecule is O=[N+]([O-])c1ccc(CN2CCN(c3ncc(C(F)(F)F)cn3)CC2)o1. The van der Waals surface area contributed by atoms with Crippen molar-refractivity contribution in [3.8, 4) is 0 Å². The number of halogens is 3. The van der Waals surface area contributed by atoms with Crippen LogP contribution >= 0.6 is 0 Å². The molecule has 0 radical (unpaired) electrons. The molecular formula is C14H14F3N5O3. The van der Waals surface area contributed by atoms with Crippen molar-refractivity contribution in [3.05, 3.63) is 46.0 Å². The zero-order chi connectivity index (χ0) is 18.0. The van der Waals surface area contributed by atoms with Crippen LogP contribution in [0.25, 0.3) is 0 Å². The third-order valence-electron chi connectivity index (χ3n) is 3.83. The molecule has 3 heterocycles. The van der Waals surface area contributed by atoms with E-state index in [4.69, 9.17) is 4.42 Å². The summed E-state index contributed by atoms with van der Waals surface area (Å²) in [5, 5.41) is 10.6. The molecule has 0 saturated carbocycles. The summed E-state index contributed by atoms with van der Waals surface area (Å²) in [6.45, 7) is 2.72. The molecule has 0 unspecified atom stereocenters. The smallest absolute Gasteiger partial charge is 0.404 e. The van der Waals surface area contributed by atoms with Crippen molar-refractivity contribution < 1.29 is 22.5 Å². The molecule has 0 N–H and O–H groups in total. The van der Waals surface area contributed by atoms with Gasteiger partial charge in [0.2, 0.25) is 5.95 Å². The summed E-state index contributed by atoms with van der Waals surface area (Å²) < 4.78 is 42.7. The summed E-state index contributed by atoms with van der Waals surface area (Å²) in [4.78, 5) is 21.4. The highest BCUT2D eigenvalue weighted by atomic mass is 19.4. The average Bonchev–Trinajstić information content (AvgIpc) is 3.04. The van der Waals surface area contributed by atoms with E-state index in [1.165, 1.54) is 6.07 Å². The third-order valence-corrected chi connectivity index (χ3v) is 3.83. The Morgan fingerprint density at radius 2 is 1.80 bits per heavy atom. The molecule has 1 saturated heterocycles. The zero-order valence-corrected chi connectivity index (χ0v) is 12.9. The lowest BCUT2D eigenvalue weighted by Crippen LogP contribution is -2.46. The fourth-order valence-corrected chi connectivity index (χ4v) is 2.51. The fraction of sp³-hybridized carbons (Fsp3) is 0.429. The van der Waals surface area contributed by atoms with Gasteiger partial charge >= 0.3 is 12.1 Å². The van der Waals surface area contributed by atoms with Crippen LogP contribution in [0, 0.1) is 10.1 Å². The molecule has 0 aliphatic carbocycles. The monoisotopic (exact) mass is 357 g/mol. The molecule has 0 atom stereocenters. The molecule has 1 aliphatic heterocycles. The van der Waals surface area contributed by atoms with E-state index in [2.05, 4.69) is 9.97 Å². The normalized spacial score (nSPS) is 16.2. The Morgan fingerprint density at radius 3 is 2.32 bits per heavy atom. The number of rotatable bonds is 4. The molecule has 1 fully saturated rings. The fourth-order valence-electron chi connectivity index (χ4n) is 2.51. The molecule has 25 heavy (non-hydrogen) atoms. The van der Waals surface area contributed by atoms with Gasteiger partial charge in [0.1, 0.15) is 10.7 Å². The summed E-state index contributed by atoms with van der Waals surface area (Å²) in [6.07, 6.45) is -2.91. The molecule has 11 heteroatoms. The second-order valence-corrected chi connectivity index (χ2v) is 5.53. The number of piperazine rings is 1. The van der Waals surface area contributed by atoms with Gasteiger partial charge in [-0.15, -0.1) is 0 Å². The topological polar surface area (TPSA) is 88.5 Å². The minimum Gasteiger partial charge on any atom is -0.404 e. The standard InChI is InChI=1S/C14H14F3N5O3/c15-14(16,17)10-7-18-13(19-8-10)21-5-3-20(4-6-21)9-11-1-2-12(25-11)22(23)24/h1-2,7-8H,3-6,9H2. The summed E-state index contributed by atoms with van der Waals surface area (Å²) in [7, 11) is 0. The van der Waals surface area contributed by atoms with E-state index in [1.54, 1.807) is 11.0 Å². The predicted molar refractivity (Wildman–Crippen MR) is 79.9 cm³/mol. The number of nitro groups is 1. The van der Waals surface area contributed by atoms with Crippen LogP contribution in [0.3, 0.4) is 0 Å². The maximum atomic E-state index is 12.5. The summed E-state index contributed by atoms with van der Waals surface area (Å²) in [5.74, 6) is 0.444. The van der Waals surface area contributed by atoms with Crippen LogP contribution in [0.15, 0.2) is 28.9 Å². The largest absolute Gasteiger partial charge is 0.433 e. The number of nitrogens with zero attached hydrogens (tertiary/aromatic N) is 5. The second kappa shape index (κ2) is 6.67. The molecule has 0 amide bonds. The Hall–Kier alpha value is -2.69. The van der Waals surface area contributed by atoms with Crippen LogP contribution in [0.1, 0.15) is 11.3 Å². The van der Waals surface area contributed by atoms with Gasteiger partial charge in [0, 0.05) is 38.6 Å². The van der Waals surface area contributed by atoms with Gasteiger partial charge in [0.25, 0.3) is 0 Å². The quantitative estimate of drug-likeness (QED) is 0.613. The van der Waals surface area contributed by atoms with E-state index >= 15 is 0 Å². The Labute approximate surface area is 140 Å². The number of anilines is 1. The lowest BCUT2D eigenvalue weighted by molar-refractivity contribution is -0.402. The van der Waals surface area contributed by atoms with Gasteiger partial charge in [0.15, 0.2) is 0 Å². The Bertz CT molecular complexity index is 739. The van der Waals surface area contributed by atoms with Crippen LogP contribution in [-0.2, 0) is 12.7 Å². The number of alkyl halides is 3. The predicted octanol–water partition coefficient (Wildman–Crippen LogP) is 2.32. The maximum Gasteiger partial charge on any atom is 0.433 e. The number of furan rings is 1. The van der Waals surface area contributed by atoms with Crippen LogP contribution in [-0.4, -0.2) is 46.0 Å². The lowest BCUT2D eigenvalue weighted by atomic mass is 10.3. The van der Waals surface area contributed by atoms with Crippen molar-refractivity contribution in [1.82, 2.24) is 14.9 Å². The Morgan fingerprint density at radius 1 is 1.16 bits per heavy atom. The average molecular weight is 357 g/mol. The molecule has 2 aromatic rings. The van der Waals surface area contributed by atoms with E-state index < -0.39 is 16.7 Å². The first-order valence-corrected chi connectivity index (χ1v) is 7.42. The summed E-state index contributed by atoms with van der Waals surface area (Å²) >= 11 is 0. The minimum absolute atomic E-state index is 0.251. The van der Waals surface area contributed by atoms with Crippen LogP contribution < -0.4 is 4.90 Å². The van der Waals surface area contributed by atoms with Gasteiger partial charge in [0.05, 0.1) is 18.2 Å². The highest BCUT2D eigenvalue weighted by Crippen LogP contribution is 2.28. The van der Waals surface area contributed by atoms with Gasteiger partial charge in [-0.2, -0.15) is 13.2 Å². The Kier molecular flexibility index (Phi) is 4.57. The molecular weight excluding hydrogens is 343 g/mol. The van der Waals surface area contributed by atoms with Crippen molar-refractivity contribution in [1.29, 1.82) is 0 Å². The number of hydrogen-bond acceptors (Lipinski definition) is 7. The second-order valence-electron chi connectivity index (χ2n) is 5.53. The van der Waals surface area contributed by atoms with Crippen molar-refractivity contribution in [2.24, 2.45) is 0 Å². The third kappa shape index (κ3) is 4.05. The van der Waals surface area contributed by atoms with E-state index in [-0.39, 0.29) is 11.8 Å². The molecule has 8 nitrogen and oxygen atoms in total. The van der Waals surface area contributed by atoms with Gasteiger partial charge in [-0.3, -0.25) is 15.0 Å². The maximum absolute atomic E-state index is 12.5. The molecule has 0 spiro atoms. The lowest BCUT2D eigenvalue weighted by Gasteiger charge is -2.34. The Balaban J connectivity index is 1.55. The highest BCUT2D eigenvalue weighted by molar-refractivity contribution is 5.31. The molecule has 1 aliphatic rings.